The van der Waals surface area contributed by atoms with Crippen LogP contribution in [-0.4, -0.2) is 22.7 Å². The van der Waals surface area contributed by atoms with Crippen LogP contribution in [0.1, 0.15) is 13.8 Å². The smallest absolute Gasteiger partial charge is 0.126 e. The molecule has 2 unspecified atom stereocenters. The van der Waals surface area contributed by atoms with Crippen LogP contribution in [0.4, 0.5) is 11.4 Å². The molecule has 0 aliphatic heterocycles. The minimum atomic E-state index is -0.753. The van der Waals surface area contributed by atoms with Gasteiger partial charge in [-0.05, 0) is 32.0 Å². The van der Waals surface area contributed by atoms with E-state index in [1.54, 1.807) is 38.1 Å². The van der Waals surface area contributed by atoms with E-state index in [2.05, 4.69) is 0 Å². The van der Waals surface area contributed by atoms with Gasteiger partial charge in [-0.25, -0.2) is 0 Å². The van der Waals surface area contributed by atoms with Gasteiger partial charge in [-0.3, -0.25) is 0 Å². The first-order valence-corrected chi connectivity index (χ1v) is 4.52. The van der Waals surface area contributed by atoms with Crippen molar-refractivity contribution < 1.29 is 10.2 Å². The lowest BCUT2D eigenvalue weighted by Crippen LogP contribution is -2.40. The summed E-state index contributed by atoms with van der Waals surface area (Å²) in [5.41, 5.74) is 6.92. The van der Waals surface area contributed by atoms with E-state index < -0.39 is 12.5 Å². The van der Waals surface area contributed by atoms with E-state index in [1.807, 2.05) is 0 Å². The standard InChI is InChI=1S/C10H16N2O2.ClH/c1-7(13)12(8(2)14)10-5-3-4-9(11)6-10;/h3-8,13-14H,11H2,1-2H3;1H. The van der Waals surface area contributed by atoms with Crippen molar-refractivity contribution in [2.45, 2.75) is 26.3 Å². The molecule has 5 heteroatoms. The molecule has 0 aliphatic rings. The van der Waals surface area contributed by atoms with Crippen LogP contribution >= 0.6 is 12.4 Å². The van der Waals surface area contributed by atoms with Crippen LogP contribution in [0, 0.1) is 0 Å². The van der Waals surface area contributed by atoms with E-state index in [-0.39, 0.29) is 12.4 Å². The molecule has 4 N–H and O–H groups in total. The molecule has 0 spiro atoms. The number of aliphatic hydroxyl groups is 2. The van der Waals surface area contributed by atoms with Crippen molar-refractivity contribution in [3.05, 3.63) is 24.3 Å². The lowest BCUT2D eigenvalue weighted by Gasteiger charge is -2.30. The first-order valence-electron chi connectivity index (χ1n) is 4.52. The van der Waals surface area contributed by atoms with Gasteiger partial charge in [0.2, 0.25) is 0 Å². The van der Waals surface area contributed by atoms with Crippen molar-refractivity contribution in [2.24, 2.45) is 0 Å². The van der Waals surface area contributed by atoms with Crippen LogP contribution in [0.15, 0.2) is 24.3 Å². The molecule has 86 valence electrons. The third-order valence-corrected chi connectivity index (χ3v) is 1.97. The summed E-state index contributed by atoms with van der Waals surface area (Å²) < 4.78 is 0. The van der Waals surface area contributed by atoms with Gasteiger partial charge in [-0.15, -0.1) is 12.4 Å². The van der Waals surface area contributed by atoms with E-state index in [9.17, 15) is 10.2 Å². The van der Waals surface area contributed by atoms with Gasteiger partial charge >= 0.3 is 0 Å². The number of hydrogen-bond donors (Lipinski definition) is 3. The van der Waals surface area contributed by atoms with Crippen molar-refractivity contribution in [3.63, 3.8) is 0 Å². The van der Waals surface area contributed by atoms with Crippen molar-refractivity contribution in [1.82, 2.24) is 0 Å². The Bertz CT molecular complexity index is 297. The lowest BCUT2D eigenvalue weighted by atomic mass is 10.2. The Balaban J connectivity index is 0.00000196. The molecular formula is C10H17ClN2O2. The number of nitrogens with zero attached hydrogens (tertiary/aromatic N) is 1. The molecule has 1 rings (SSSR count). The van der Waals surface area contributed by atoms with Gasteiger partial charge in [0.1, 0.15) is 12.5 Å². The molecule has 0 aromatic heterocycles. The van der Waals surface area contributed by atoms with Crippen LogP contribution < -0.4 is 10.6 Å². The number of anilines is 2. The molecule has 1 aromatic rings. The van der Waals surface area contributed by atoms with E-state index in [0.29, 0.717) is 11.4 Å². The van der Waals surface area contributed by atoms with Crippen LogP contribution in [0.25, 0.3) is 0 Å². The van der Waals surface area contributed by atoms with Crippen LogP contribution in [0.2, 0.25) is 0 Å². The Labute approximate surface area is 95.7 Å². The fraction of sp³-hybridized carbons (Fsp3) is 0.400. The molecule has 0 saturated heterocycles. The molecule has 0 radical (unpaired) electrons. The normalized spacial score (nSPS) is 13.9. The zero-order chi connectivity index (χ0) is 10.7. The first-order chi connectivity index (χ1) is 6.52. The zero-order valence-electron chi connectivity index (χ0n) is 8.79. The highest BCUT2D eigenvalue weighted by atomic mass is 35.5. The summed E-state index contributed by atoms with van der Waals surface area (Å²) in [5, 5.41) is 18.9. The van der Waals surface area contributed by atoms with Gasteiger partial charge in [0.25, 0.3) is 0 Å². The second-order valence-corrected chi connectivity index (χ2v) is 3.27. The number of halogens is 1. The SMILES string of the molecule is CC(O)N(c1cccc(N)c1)C(C)O.Cl. The highest BCUT2D eigenvalue weighted by Crippen LogP contribution is 2.20. The molecule has 0 aliphatic carbocycles. The topological polar surface area (TPSA) is 69.7 Å². The fourth-order valence-electron chi connectivity index (χ4n) is 1.43. The van der Waals surface area contributed by atoms with Crippen LogP contribution in [-0.2, 0) is 0 Å². The average molecular weight is 233 g/mol. The second-order valence-electron chi connectivity index (χ2n) is 3.27. The maximum absolute atomic E-state index is 9.45. The zero-order valence-corrected chi connectivity index (χ0v) is 9.61. The van der Waals surface area contributed by atoms with Gasteiger partial charge in [0.05, 0.1) is 0 Å². The molecule has 2 atom stereocenters. The molecule has 0 heterocycles. The maximum atomic E-state index is 9.45. The molecule has 1 aromatic carbocycles. The van der Waals surface area contributed by atoms with Crippen molar-refractivity contribution in [3.8, 4) is 0 Å². The molecule has 0 amide bonds. The fourth-order valence-corrected chi connectivity index (χ4v) is 1.43. The minimum Gasteiger partial charge on any atom is -0.399 e. The maximum Gasteiger partial charge on any atom is 0.126 e. The van der Waals surface area contributed by atoms with Gasteiger partial charge in [-0.2, -0.15) is 0 Å². The van der Waals surface area contributed by atoms with E-state index in [0.717, 1.165) is 0 Å². The van der Waals surface area contributed by atoms with Gasteiger partial charge in [-0.1, -0.05) is 6.07 Å². The summed E-state index contributed by atoms with van der Waals surface area (Å²) >= 11 is 0. The van der Waals surface area contributed by atoms with Crippen molar-refractivity contribution in [2.75, 3.05) is 10.6 Å². The predicted molar refractivity (Wildman–Crippen MR) is 63.9 cm³/mol. The minimum absolute atomic E-state index is 0. The molecule has 0 bridgehead atoms. The summed E-state index contributed by atoms with van der Waals surface area (Å²) in [7, 11) is 0. The summed E-state index contributed by atoms with van der Waals surface area (Å²) in [6.07, 6.45) is -1.51. The summed E-state index contributed by atoms with van der Waals surface area (Å²) in [4.78, 5) is 1.47. The van der Waals surface area contributed by atoms with Crippen LogP contribution in [0.3, 0.4) is 0 Å². The average Bonchev–Trinajstić information content (AvgIpc) is 2.02. The van der Waals surface area contributed by atoms with Crippen molar-refractivity contribution >= 4 is 23.8 Å². The van der Waals surface area contributed by atoms with Gasteiger partial charge in [0.15, 0.2) is 0 Å². The Morgan fingerprint density at radius 2 is 1.73 bits per heavy atom. The summed E-state index contributed by atoms with van der Waals surface area (Å²) in [5.74, 6) is 0. The number of rotatable bonds is 3. The third-order valence-electron chi connectivity index (χ3n) is 1.97. The van der Waals surface area contributed by atoms with Gasteiger partial charge in [0, 0.05) is 11.4 Å². The van der Waals surface area contributed by atoms with Gasteiger partial charge < -0.3 is 20.8 Å². The molecule has 0 fully saturated rings. The number of aliphatic hydroxyl groups excluding tert-OH is 2. The molecule has 4 nitrogen and oxygen atoms in total. The Hall–Kier alpha value is -0.970. The number of nitrogens with two attached hydrogens (primary N) is 1. The Kier molecular flexibility index (Phi) is 5.43. The quantitative estimate of drug-likeness (QED) is 0.541. The molecule has 15 heavy (non-hydrogen) atoms. The van der Waals surface area contributed by atoms with Crippen LogP contribution in [0.5, 0.6) is 0 Å². The first kappa shape index (κ1) is 14.0. The number of hydrogen-bond acceptors (Lipinski definition) is 4. The highest BCUT2D eigenvalue weighted by molar-refractivity contribution is 5.85. The number of nitrogen functional groups attached to an aromatic ring is 1. The van der Waals surface area contributed by atoms with E-state index in [4.69, 9.17) is 5.73 Å². The van der Waals surface area contributed by atoms with E-state index in [1.165, 1.54) is 4.90 Å². The monoisotopic (exact) mass is 232 g/mol. The Morgan fingerprint density at radius 1 is 1.20 bits per heavy atom. The largest absolute Gasteiger partial charge is 0.399 e. The predicted octanol–water partition coefficient (Wildman–Crippen LogP) is 1.17. The Morgan fingerprint density at radius 3 is 2.13 bits per heavy atom. The third kappa shape index (κ3) is 3.58. The second kappa shape index (κ2) is 5.80. The molecular weight excluding hydrogens is 216 g/mol. The van der Waals surface area contributed by atoms with Crippen molar-refractivity contribution in [1.29, 1.82) is 0 Å². The van der Waals surface area contributed by atoms with E-state index >= 15 is 0 Å². The molecule has 0 saturated carbocycles. The summed E-state index contributed by atoms with van der Waals surface area (Å²) in [6, 6.07) is 7.03. The summed E-state index contributed by atoms with van der Waals surface area (Å²) in [6.45, 7) is 3.19. The highest BCUT2D eigenvalue weighted by Gasteiger charge is 2.16. The lowest BCUT2D eigenvalue weighted by molar-refractivity contribution is 0.105. The number of benzene rings is 1.